The highest BCUT2D eigenvalue weighted by Gasteiger charge is 2.31. The van der Waals surface area contributed by atoms with Crippen molar-refractivity contribution in [1.82, 2.24) is 4.31 Å². The number of halogens is 1. The summed E-state index contributed by atoms with van der Waals surface area (Å²) < 4.78 is 40.1. The molecule has 5 nitrogen and oxygen atoms in total. The number of rotatable bonds is 7. The van der Waals surface area contributed by atoms with Gasteiger partial charge in [0.1, 0.15) is 10.7 Å². The van der Waals surface area contributed by atoms with Gasteiger partial charge in [0.25, 0.3) is 0 Å². The number of aliphatic hydroxyl groups excluding tert-OH is 1. The zero-order valence-corrected chi connectivity index (χ0v) is 12.5. The lowest BCUT2D eigenvalue weighted by molar-refractivity contribution is 0.219. The van der Waals surface area contributed by atoms with Gasteiger partial charge in [-0.2, -0.15) is 4.31 Å². The van der Waals surface area contributed by atoms with E-state index in [1.54, 1.807) is 0 Å². The number of nitrogen functional groups attached to an aromatic ring is 1. The summed E-state index contributed by atoms with van der Waals surface area (Å²) in [7, 11) is -4.02. The van der Waals surface area contributed by atoms with Crippen LogP contribution in [0.15, 0.2) is 23.1 Å². The maximum atomic E-state index is 13.8. The molecule has 0 aliphatic heterocycles. The van der Waals surface area contributed by atoms with Crippen molar-refractivity contribution in [3.8, 4) is 0 Å². The first-order valence-electron chi connectivity index (χ1n) is 6.56. The monoisotopic (exact) mass is 304 g/mol. The molecule has 0 amide bonds. The maximum absolute atomic E-state index is 13.8. The number of sulfonamides is 1. The Balaban J connectivity index is 3.32. The largest absolute Gasteiger partial charge is 0.399 e. The smallest absolute Gasteiger partial charge is 0.246 e. The van der Waals surface area contributed by atoms with Crippen LogP contribution in [0.1, 0.15) is 26.7 Å². The number of nitrogens with zero attached hydrogens (tertiary/aromatic N) is 1. The molecule has 0 aliphatic rings. The van der Waals surface area contributed by atoms with Gasteiger partial charge in [-0.3, -0.25) is 0 Å². The summed E-state index contributed by atoms with van der Waals surface area (Å²) in [5.41, 5.74) is 5.72. The van der Waals surface area contributed by atoms with Crippen LogP contribution in [-0.4, -0.2) is 37.0 Å². The number of nitrogens with two attached hydrogens (primary N) is 1. The number of anilines is 1. The van der Waals surface area contributed by atoms with Gasteiger partial charge in [-0.1, -0.05) is 13.8 Å². The molecule has 0 heterocycles. The predicted molar refractivity (Wildman–Crippen MR) is 76.2 cm³/mol. The topological polar surface area (TPSA) is 83.6 Å². The first-order chi connectivity index (χ1) is 9.38. The Bertz CT molecular complexity index is 545. The molecule has 0 saturated heterocycles. The lowest BCUT2D eigenvalue weighted by Crippen LogP contribution is -2.41. The molecule has 7 heteroatoms. The molecule has 0 aromatic heterocycles. The van der Waals surface area contributed by atoms with E-state index in [4.69, 9.17) is 10.8 Å². The summed E-state index contributed by atoms with van der Waals surface area (Å²) in [6.07, 6.45) is 1.17. The van der Waals surface area contributed by atoms with Crippen LogP contribution < -0.4 is 5.73 Å². The van der Waals surface area contributed by atoms with Gasteiger partial charge < -0.3 is 10.8 Å². The fourth-order valence-corrected chi connectivity index (χ4v) is 4.00. The normalized spacial score (nSPS) is 12.3. The van der Waals surface area contributed by atoms with Gasteiger partial charge >= 0.3 is 0 Å². The zero-order valence-electron chi connectivity index (χ0n) is 11.7. The van der Waals surface area contributed by atoms with E-state index >= 15 is 0 Å². The van der Waals surface area contributed by atoms with Crippen LogP contribution in [0.5, 0.6) is 0 Å². The predicted octanol–water partition coefficient (Wildman–Crippen LogP) is 1.58. The first-order valence-corrected chi connectivity index (χ1v) is 8.00. The van der Waals surface area contributed by atoms with Gasteiger partial charge in [-0.25, -0.2) is 12.8 Å². The SMILES string of the molecule is CCC(CC)N(CCO)S(=O)(=O)c1cc(N)ccc1F. The van der Waals surface area contributed by atoms with E-state index < -0.39 is 20.7 Å². The summed E-state index contributed by atoms with van der Waals surface area (Å²) in [4.78, 5) is -0.446. The van der Waals surface area contributed by atoms with Gasteiger partial charge in [0.2, 0.25) is 10.0 Å². The summed E-state index contributed by atoms with van der Waals surface area (Å²) in [5.74, 6) is -0.840. The van der Waals surface area contributed by atoms with Crippen molar-refractivity contribution in [1.29, 1.82) is 0 Å². The number of hydrogen-bond acceptors (Lipinski definition) is 4. The molecule has 0 atom stereocenters. The van der Waals surface area contributed by atoms with Crippen LogP contribution in [0, 0.1) is 5.82 Å². The van der Waals surface area contributed by atoms with Crippen molar-refractivity contribution in [2.45, 2.75) is 37.6 Å². The van der Waals surface area contributed by atoms with Crippen LogP contribution >= 0.6 is 0 Å². The van der Waals surface area contributed by atoms with Crippen LogP contribution in [0.4, 0.5) is 10.1 Å². The third kappa shape index (κ3) is 3.47. The molecule has 20 heavy (non-hydrogen) atoms. The van der Waals surface area contributed by atoms with E-state index in [-0.39, 0.29) is 24.9 Å². The summed E-state index contributed by atoms with van der Waals surface area (Å²) in [5, 5.41) is 9.09. The average molecular weight is 304 g/mol. The average Bonchev–Trinajstić information content (AvgIpc) is 2.41. The minimum Gasteiger partial charge on any atom is -0.399 e. The molecule has 0 radical (unpaired) electrons. The molecule has 3 N–H and O–H groups in total. The van der Waals surface area contributed by atoms with Crippen molar-refractivity contribution in [2.75, 3.05) is 18.9 Å². The van der Waals surface area contributed by atoms with E-state index in [1.165, 1.54) is 6.07 Å². The second-order valence-corrected chi connectivity index (χ2v) is 6.36. The molecular weight excluding hydrogens is 283 g/mol. The summed E-state index contributed by atoms with van der Waals surface area (Å²) in [6, 6.07) is 3.17. The molecule has 1 aromatic rings. The Kier molecular flexibility index (Phi) is 5.91. The van der Waals surface area contributed by atoms with Crippen molar-refractivity contribution in [3.63, 3.8) is 0 Å². The highest BCUT2D eigenvalue weighted by molar-refractivity contribution is 7.89. The number of aliphatic hydroxyl groups is 1. The zero-order chi connectivity index (χ0) is 15.3. The fraction of sp³-hybridized carbons (Fsp3) is 0.538. The van der Waals surface area contributed by atoms with Crippen molar-refractivity contribution < 1.29 is 17.9 Å². The van der Waals surface area contributed by atoms with Gasteiger partial charge in [0, 0.05) is 18.3 Å². The molecule has 0 unspecified atom stereocenters. The highest BCUT2D eigenvalue weighted by atomic mass is 32.2. The quantitative estimate of drug-likeness (QED) is 0.749. The van der Waals surface area contributed by atoms with E-state index in [2.05, 4.69) is 0 Å². The van der Waals surface area contributed by atoms with Crippen LogP contribution in [0.25, 0.3) is 0 Å². The lowest BCUT2D eigenvalue weighted by atomic mass is 10.2. The van der Waals surface area contributed by atoms with Crippen LogP contribution in [0.3, 0.4) is 0 Å². The molecule has 1 rings (SSSR count). The van der Waals surface area contributed by atoms with Gasteiger partial charge in [-0.15, -0.1) is 0 Å². The summed E-state index contributed by atoms with van der Waals surface area (Å²) in [6.45, 7) is 3.32. The Hall–Kier alpha value is -1.18. The Morgan fingerprint density at radius 3 is 2.45 bits per heavy atom. The van der Waals surface area contributed by atoms with Crippen molar-refractivity contribution in [2.24, 2.45) is 0 Å². The standard InChI is InChI=1S/C13H21FN2O3S/c1-3-11(4-2)16(7-8-17)20(18,19)13-9-10(15)5-6-12(13)14/h5-6,9,11,17H,3-4,7-8,15H2,1-2H3. The molecular formula is C13H21FN2O3S. The van der Waals surface area contributed by atoms with Gasteiger partial charge in [0.15, 0.2) is 0 Å². The molecule has 0 saturated carbocycles. The number of hydrogen-bond donors (Lipinski definition) is 2. The maximum Gasteiger partial charge on any atom is 0.246 e. The van der Waals surface area contributed by atoms with Crippen LogP contribution in [-0.2, 0) is 10.0 Å². The molecule has 0 bridgehead atoms. The second-order valence-electron chi connectivity index (χ2n) is 4.50. The molecule has 0 fully saturated rings. The minimum atomic E-state index is -4.02. The van der Waals surface area contributed by atoms with E-state index in [9.17, 15) is 12.8 Å². The lowest BCUT2D eigenvalue weighted by Gasteiger charge is -2.29. The fourth-order valence-electron chi connectivity index (χ4n) is 2.14. The van der Waals surface area contributed by atoms with E-state index in [0.717, 1.165) is 16.4 Å². The second kappa shape index (κ2) is 7.01. The van der Waals surface area contributed by atoms with E-state index in [0.29, 0.717) is 12.8 Å². The van der Waals surface area contributed by atoms with Crippen molar-refractivity contribution >= 4 is 15.7 Å². The molecule has 0 aliphatic carbocycles. The third-order valence-corrected chi connectivity index (χ3v) is 5.18. The van der Waals surface area contributed by atoms with Crippen molar-refractivity contribution in [3.05, 3.63) is 24.0 Å². The Labute approximate surface area is 119 Å². The minimum absolute atomic E-state index is 0.0665. The molecule has 114 valence electrons. The highest BCUT2D eigenvalue weighted by Crippen LogP contribution is 2.25. The Morgan fingerprint density at radius 2 is 1.95 bits per heavy atom. The van der Waals surface area contributed by atoms with Gasteiger partial charge in [0.05, 0.1) is 6.61 Å². The first kappa shape index (κ1) is 16.9. The molecule has 1 aromatic carbocycles. The Morgan fingerprint density at radius 1 is 1.35 bits per heavy atom. The van der Waals surface area contributed by atoms with Gasteiger partial charge in [-0.05, 0) is 31.0 Å². The third-order valence-electron chi connectivity index (χ3n) is 3.21. The number of benzene rings is 1. The van der Waals surface area contributed by atoms with E-state index in [1.807, 2.05) is 13.8 Å². The van der Waals surface area contributed by atoms with Crippen LogP contribution in [0.2, 0.25) is 0 Å². The molecule has 0 spiro atoms. The summed E-state index contributed by atoms with van der Waals surface area (Å²) >= 11 is 0.